The average Bonchev–Trinajstić information content (AvgIpc) is 2.46. The zero-order valence-corrected chi connectivity index (χ0v) is 12.2. The quantitative estimate of drug-likeness (QED) is 0.621. The van der Waals surface area contributed by atoms with Gasteiger partial charge in [0.1, 0.15) is 5.75 Å². The molecule has 0 fully saturated rings. The molecule has 2 rings (SSSR count). The van der Waals surface area contributed by atoms with Crippen LogP contribution in [0.4, 0.5) is 0 Å². The summed E-state index contributed by atoms with van der Waals surface area (Å²) in [7, 11) is 1.54. The predicted octanol–water partition coefficient (Wildman–Crippen LogP) is 4.30. The molecule has 2 aromatic rings. The molecule has 4 heteroatoms. The third-order valence-corrected chi connectivity index (χ3v) is 3.74. The summed E-state index contributed by atoms with van der Waals surface area (Å²) in [6.07, 6.45) is 2.00. The lowest BCUT2D eigenvalue weighted by Gasteiger charge is -2.08. The normalized spacial score (nSPS) is 10.3. The molecule has 0 spiro atoms. The highest BCUT2D eigenvalue weighted by molar-refractivity contribution is 7.98. The van der Waals surface area contributed by atoms with Gasteiger partial charge in [0, 0.05) is 15.5 Å². The van der Waals surface area contributed by atoms with Crippen molar-refractivity contribution in [3.8, 4) is 5.75 Å². The highest BCUT2D eigenvalue weighted by atomic mass is 35.5. The van der Waals surface area contributed by atoms with Crippen LogP contribution in [0.2, 0.25) is 5.02 Å². The Labute approximate surface area is 121 Å². The zero-order chi connectivity index (χ0) is 13.8. The Hall–Kier alpha value is -1.45. The van der Waals surface area contributed by atoms with Gasteiger partial charge in [0.05, 0.1) is 12.7 Å². The van der Waals surface area contributed by atoms with E-state index < -0.39 is 0 Å². The number of hydrogen-bond donors (Lipinski definition) is 0. The van der Waals surface area contributed by atoms with E-state index in [9.17, 15) is 4.79 Å². The summed E-state index contributed by atoms with van der Waals surface area (Å²) in [6.45, 7) is 0. The van der Waals surface area contributed by atoms with E-state index in [1.165, 1.54) is 7.11 Å². The second-order valence-electron chi connectivity index (χ2n) is 3.90. The minimum absolute atomic E-state index is 0.0907. The van der Waals surface area contributed by atoms with Gasteiger partial charge in [-0.15, -0.1) is 11.8 Å². The van der Waals surface area contributed by atoms with Crippen LogP contribution >= 0.6 is 23.4 Å². The lowest BCUT2D eigenvalue weighted by molar-refractivity contribution is 0.103. The van der Waals surface area contributed by atoms with Crippen LogP contribution < -0.4 is 4.74 Å². The largest absolute Gasteiger partial charge is 0.496 e. The lowest BCUT2D eigenvalue weighted by atomic mass is 10.0. The van der Waals surface area contributed by atoms with Crippen LogP contribution in [0.1, 0.15) is 15.9 Å². The molecule has 0 bridgehead atoms. The molecular weight excluding hydrogens is 280 g/mol. The van der Waals surface area contributed by atoms with Crippen LogP contribution in [0, 0.1) is 0 Å². The Morgan fingerprint density at radius 1 is 1.16 bits per heavy atom. The topological polar surface area (TPSA) is 26.3 Å². The molecule has 0 amide bonds. The van der Waals surface area contributed by atoms with Crippen molar-refractivity contribution in [1.82, 2.24) is 0 Å². The second-order valence-corrected chi connectivity index (χ2v) is 5.22. The second kappa shape index (κ2) is 6.13. The first kappa shape index (κ1) is 14.0. The summed E-state index contributed by atoms with van der Waals surface area (Å²) in [6, 6.07) is 12.5. The highest BCUT2D eigenvalue weighted by Crippen LogP contribution is 2.26. The standard InChI is InChI=1S/C15H13ClO2S/c1-18-14-8-5-11(16)9-13(14)15(17)10-3-6-12(19-2)7-4-10/h3-9H,1-2H3. The van der Waals surface area contributed by atoms with Gasteiger partial charge in [0.2, 0.25) is 0 Å². The summed E-state index contributed by atoms with van der Waals surface area (Å²) in [5, 5.41) is 0.518. The van der Waals surface area contributed by atoms with E-state index >= 15 is 0 Å². The van der Waals surface area contributed by atoms with Crippen LogP contribution in [-0.4, -0.2) is 19.1 Å². The Kier molecular flexibility index (Phi) is 4.51. The number of carbonyl (C=O) groups is 1. The Morgan fingerprint density at radius 2 is 1.84 bits per heavy atom. The number of benzene rings is 2. The maximum atomic E-state index is 12.4. The molecular formula is C15H13ClO2S. The summed E-state index contributed by atoms with van der Waals surface area (Å²) >= 11 is 7.58. The van der Waals surface area contributed by atoms with Crippen molar-refractivity contribution >= 4 is 29.1 Å². The zero-order valence-electron chi connectivity index (χ0n) is 10.6. The SMILES string of the molecule is COc1ccc(Cl)cc1C(=O)c1ccc(SC)cc1. The molecule has 0 atom stereocenters. The Bertz CT molecular complexity index is 594. The van der Waals surface area contributed by atoms with Gasteiger partial charge in [-0.2, -0.15) is 0 Å². The minimum Gasteiger partial charge on any atom is -0.496 e. The van der Waals surface area contributed by atoms with Gasteiger partial charge in [-0.05, 0) is 48.7 Å². The summed E-state index contributed by atoms with van der Waals surface area (Å²) in [5.41, 5.74) is 1.10. The molecule has 0 radical (unpaired) electrons. The Morgan fingerprint density at radius 3 is 2.42 bits per heavy atom. The van der Waals surface area contributed by atoms with E-state index in [2.05, 4.69) is 0 Å². The molecule has 0 saturated carbocycles. The molecule has 0 unspecified atom stereocenters. The first-order valence-electron chi connectivity index (χ1n) is 5.68. The smallest absolute Gasteiger partial charge is 0.196 e. The number of halogens is 1. The molecule has 2 nitrogen and oxygen atoms in total. The number of hydrogen-bond acceptors (Lipinski definition) is 3. The predicted molar refractivity (Wildman–Crippen MR) is 79.7 cm³/mol. The average molecular weight is 293 g/mol. The van der Waals surface area contributed by atoms with Gasteiger partial charge in [-0.3, -0.25) is 4.79 Å². The molecule has 0 aliphatic carbocycles. The molecule has 19 heavy (non-hydrogen) atoms. The fourth-order valence-corrected chi connectivity index (χ4v) is 2.34. The van der Waals surface area contributed by atoms with Crippen LogP contribution in [-0.2, 0) is 0 Å². The van der Waals surface area contributed by atoms with Crippen molar-refractivity contribution in [2.45, 2.75) is 4.90 Å². The third-order valence-electron chi connectivity index (χ3n) is 2.76. The van der Waals surface area contributed by atoms with E-state index in [0.717, 1.165) is 4.90 Å². The summed E-state index contributed by atoms with van der Waals surface area (Å²) in [5.74, 6) is 0.440. The first-order valence-corrected chi connectivity index (χ1v) is 7.28. The van der Waals surface area contributed by atoms with Gasteiger partial charge in [-0.25, -0.2) is 0 Å². The Balaban J connectivity index is 2.40. The number of ketones is 1. The molecule has 0 saturated heterocycles. The minimum atomic E-state index is -0.0907. The maximum absolute atomic E-state index is 12.4. The number of rotatable bonds is 4. The van der Waals surface area contributed by atoms with Crippen LogP contribution in [0.15, 0.2) is 47.4 Å². The van der Waals surface area contributed by atoms with Gasteiger partial charge < -0.3 is 4.74 Å². The number of carbonyl (C=O) groups excluding carboxylic acids is 1. The van der Waals surface area contributed by atoms with Crippen LogP contribution in [0.5, 0.6) is 5.75 Å². The van der Waals surface area contributed by atoms with E-state index in [-0.39, 0.29) is 5.78 Å². The van der Waals surface area contributed by atoms with E-state index in [0.29, 0.717) is 21.9 Å². The van der Waals surface area contributed by atoms with Gasteiger partial charge in [0.15, 0.2) is 5.78 Å². The fraction of sp³-hybridized carbons (Fsp3) is 0.133. The summed E-state index contributed by atoms with van der Waals surface area (Å²) < 4.78 is 5.20. The highest BCUT2D eigenvalue weighted by Gasteiger charge is 2.14. The molecule has 0 heterocycles. The monoisotopic (exact) mass is 292 g/mol. The molecule has 0 N–H and O–H groups in total. The number of ether oxygens (including phenoxy) is 1. The van der Waals surface area contributed by atoms with Crippen molar-refractivity contribution in [2.75, 3.05) is 13.4 Å². The van der Waals surface area contributed by atoms with Crippen molar-refractivity contribution in [2.24, 2.45) is 0 Å². The van der Waals surface area contributed by atoms with Gasteiger partial charge >= 0.3 is 0 Å². The molecule has 0 aromatic heterocycles. The number of methoxy groups -OCH3 is 1. The van der Waals surface area contributed by atoms with Crippen LogP contribution in [0.25, 0.3) is 0 Å². The van der Waals surface area contributed by atoms with Gasteiger partial charge in [-0.1, -0.05) is 11.6 Å². The van der Waals surface area contributed by atoms with E-state index in [1.54, 1.807) is 30.0 Å². The van der Waals surface area contributed by atoms with Crippen molar-refractivity contribution in [3.05, 3.63) is 58.6 Å². The van der Waals surface area contributed by atoms with Crippen molar-refractivity contribution in [1.29, 1.82) is 0 Å². The molecule has 2 aromatic carbocycles. The lowest BCUT2D eigenvalue weighted by Crippen LogP contribution is -2.03. The van der Waals surface area contributed by atoms with E-state index in [1.807, 2.05) is 30.5 Å². The third kappa shape index (κ3) is 3.11. The molecule has 0 aliphatic rings. The molecule has 0 aliphatic heterocycles. The van der Waals surface area contributed by atoms with Crippen LogP contribution in [0.3, 0.4) is 0 Å². The first-order chi connectivity index (χ1) is 9.15. The van der Waals surface area contributed by atoms with Crippen molar-refractivity contribution < 1.29 is 9.53 Å². The molecule has 98 valence electrons. The van der Waals surface area contributed by atoms with Crippen molar-refractivity contribution in [3.63, 3.8) is 0 Å². The van der Waals surface area contributed by atoms with E-state index in [4.69, 9.17) is 16.3 Å². The van der Waals surface area contributed by atoms with Gasteiger partial charge in [0.25, 0.3) is 0 Å². The summed E-state index contributed by atoms with van der Waals surface area (Å²) in [4.78, 5) is 13.6. The number of thioether (sulfide) groups is 1. The fourth-order valence-electron chi connectivity index (χ4n) is 1.76. The maximum Gasteiger partial charge on any atom is 0.196 e.